The summed E-state index contributed by atoms with van der Waals surface area (Å²) in [5.41, 5.74) is 8.00. The third-order valence-corrected chi connectivity index (χ3v) is 18.4. The number of hydrogen-bond acceptors (Lipinski definition) is 25. The van der Waals surface area contributed by atoms with Gasteiger partial charge in [-0.05, 0) is 110 Å². The summed E-state index contributed by atoms with van der Waals surface area (Å²) < 4.78 is 38.3. The molecule has 542 valence electrons. The number of hydrogen-bond donors (Lipinski definition) is 19. The number of fused-ring (bicyclic) bond motifs is 15. The Hall–Kier alpha value is -9.20. The molecule has 0 aliphatic carbocycles. The van der Waals surface area contributed by atoms with E-state index in [9.17, 15) is 75.0 Å². The van der Waals surface area contributed by atoms with Crippen LogP contribution in [-0.4, -0.2) is 191 Å². The summed E-state index contributed by atoms with van der Waals surface area (Å²) in [5.74, 6) is -16.0. The van der Waals surface area contributed by atoms with Gasteiger partial charge in [-0.1, -0.05) is 55.2 Å². The van der Waals surface area contributed by atoms with Gasteiger partial charge < -0.3 is 128 Å². The predicted molar refractivity (Wildman–Crippen MR) is 349 cm³/mol. The highest BCUT2D eigenvalue weighted by Crippen LogP contribution is 2.50. The monoisotopic (exact) mass is 1450 g/mol. The Labute approximate surface area is 584 Å². The highest BCUT2D eigenvalue weighted by atomic mass is 35.5. The number of carboxylic acids is 1. The van der Waals surface area contributed by atoms with Crippen molar-refractivity contribution in [1.29, 1.82) is 0 Å². The van der Waals surface area contributed by atoms with Crippen molar-refractivity contribution in [1.82, 2.24) is 37.2 Å². The number of carboxylic acid groups (broad SMARTS) is 1. The molecule has 0 saturated carbocycles. The molecule has 101 heavy (non-hydrogen) atoms. The number of carbonyl (C=O) groups is 8. The standard InChI is InChI=1S/C66H75Cl2N9O24/c1-23(2)12-34(71-5)58(88)76-49-51(83)26-7-10-38(32(67)14-26)97-40-16-28-17-41(55(40)101-65-56(54(86)53(85)42(22-78)99-65)100-44-21-66(4,70)57(87)24(3)96-44)98-39-11-8-27(15-33(39)68)52(84)50-63(93)75-48(64(94)95)31-18-29(79)19-37(81)45(31)30-13-25(6-9-36(30)80)46(60(90)77-50)74-61(91)47(28)73-59(89)35(20-43(69)82)72-62(49)92/h6-11,13-19,23-24,34-35,42,44,46-54,56-57,65,71,78-81,83-87H,12,20-22,70H2,1-5H3,(H2,69,82)(H,72,92)(H,73,89)(H,74,91)(H,75,93)(H,76,88)(H,77,90)(H,94,95)/t24?,34?,35-,42?,44-,46?,47+,48+,49+,50?,51+,52?,53+,54?,56?,57+,65-,66?/m0/s1. The lowest BCUT2D eigenvalue weighted by atomic mass is 9.86. The first kappa shape index (κ1) is 74.5. The second kappa shape index (κ2) is 30.2. The highest BCUT2D eigenvalue weighted by molar-refractivity contribution is 6.32. The summed E-state index contributed by atoms with van der Waals surface area (Å²) in [6.45, 7) is 5.66. The van der Waals surface area contributed by atoms with Crippen LogP contribution in [0.2, 0.25) is 10.0 Å². The molecule has 0 radical (unpaired) electrons. The number of likely N-dealkylation sites (N-methyl/N-ethyl adjacent to an activating group) is 1. The van der Waals surface area contributed by atoms with Gasteiger partial charge in [-0.2, -0.15) is 0 Å². The Morgan fingerprint density at radius 1 is 0.713 bits per heavy atom. The van der Waals surface area contributed by atoms with Crippen LogP contribution in [0.15, 0.2) is 78.9 Å². The number of nitrogens with two attached hydrogens (primary N) is 2. The van der Waals surface area contributed by atoms with E-state index in [1.165, 1.54) is 33.0 Å². The largest absolute Gasteiger partial charge is 0.508 e. The SMILES string of the molecule is CNC(CC(C)C)C(=O)N[C@H]1C(=O)N[C@@H](CC(N)=O)C(=O)N[C@H]2C(=O)NC3C(=O)NC(C(=O)N[C@@H](C(=O)O)c4cc(O)cc(O)c4-c4cc3ccc4O)C(O)c3ccc(c(Cl)c3)Oc3cc2cc(c3O[C@@H]2OC(CO)[C@@H](O)C(O)C2O[C@H]2CC(C)(N)[C@H](O)C(C)O2)Oc2ccc(cc2Cl)[C@H]1O. The molecule has 35 heteroatoms. The van der Waals surface area contributed by atoms with Gasteiger partial charge in [-0.25, -0.2) is 4.79 Å². The van der Waals surface area contributed by atoms with Crippen LogP contribution >= 0.6 is 23.2 Å². The first-order chi connectivity index (χ1) is 47.7. The lowest BCUT2D eigenvalue weighted by Crippen LogP contribution is -2.64. The molecular weight excluding hydrogens is 1370 g/mol. The molecule has 33 nitrogen and oxygen atoms in total. The summed E-state index contributed by atoms with van der Waals surface area (Å²) in [5, 5.41) is 131. The normalized spacial score (nSPS) is 29.4. The molecule has 11 bridgehead atoms. The number of phenolic OH excluding ortho intramolecular Hbond substituents is 3. The van der Waals surface area contributed by atoms with Crippen LogP contribution in [-0.2, 0) is 52.6 Å². The molecule has 7 amide bonds. The summed E-state index contributed by atoms with van der Waals surface area (Å²) >= 11 is 14.1. The molecule has 7 heterocycles. The maximum atomic E-state index is 16.0. The molecule has 2 saturated heterocycles. The summed E-state index contributed by atoms with van der Waals surface area (Å²) in [6, 6.07) is -0.679. The molecule has 5 aromatic carbocycles. The Bertz CT molecular complexity index is 4070. The van der Waals surface area contributed by atoms with Gasteiger partial charge in [0.05, 0.1) is 41.3 Å². The minimum absolute atomic E-state index is 0.0975. The fraction of sp³-hybridized carbons (Fsp3) is 0.424. The number of aromatic hydroxyl groups is 3. The van der Waals surface area contributed by atoms with Gasteiger partial charge >= 0.3 is 5.97 Å². The van der Waals surface area contributed by atoms with Gasteiger partial charge in [-0.3, -0.25) is 33.6 Å². The smallest absolute Gasteiger partial charge is 0.330 e. The fourth-order valence-electron chi connectivity index (χ4n) is 12.5. The van der Waals surface area contributed by atoms with Crippen molar-refractivity contribution in [2.75, 3.05) is 13.7 Å². The van der Waals surface area contributed by atoms with E-state index in [2.05, 4.69) is 37.2 Å². The minimum atomic E-state index is -2.35. The van der Waals surface area contributed by atoms with Crippen LogP contribution in [0.1, 0.15) is 105 Å². The van der Waals surface area contributed by atoms with Crippen molar-refractivity contribution in [2.24, 2.45) is 17.4 Å². The number of nitrogens with one attached hydrogen (secondary N) is 7. The van der Waals surface area contributed by atoms with Gasteiger partial charge in [0.25, 0.3) is 0 Å². The van der Waals surface area contributed by atoms with Crippen LogP contribution in [0, 0.1) is 5.92 Å². The fourth-order valence-corrected chi connectivity index (χ4v) is 12.9. The number of amides is 7. The Balaban J connectivity index is 1.24. The summed E-state index contributed by atoms with van der Waals surface area (Å²) in [4.78, 5) is 117. The average molecular weight is 1450 g/mol. The van der Waals surface area contributed by atoms with E-state index in [4.69, 9.17) is 63.1 Å². The Morgan fingerprint density at radius 2 is 1.32 bits per heavy atom. The van der Waals surface area contributed by atoms with Crippen LogP contribution in [0.25, 0.3) is 11.1 Å². The van der Waals surface area contributed by atoms with Crippen molar-refractivity contribution in [3.63, 3.8) is 0 Å². The zero-order valence-corrected chi connectivity index (χ0v) is 55.8. The highest BCUT2D eigenvalue weighted by Gasteiger charge is 2.51. The van der Waals surface area contributed by atoms with Crippen LogP contribution in [0.5, 0.6) is 46.0 Å². The Kier molecular flexibility index (Phi) is 22.2. The second-order valence-corrected chi connectivity index (χ2v) is 26.5. The van der Waals surface area contributed by atoms with E-state index >= 15 is 14.4 Å². The van der Waals surface area contributed by atoms with Gasteiger partial charge in [0.1, 0.15) is 89.5 Å². The molecule has 0 spiro atoms. The van der Waals surface area contributed by atoms with Crippen molar-refractivity contribution >= 4 is 70.5 Å². The lowest BCUT2D eigenvalue weighted by Gasteiger charge is -2.47. The number of aliphatic hydroxyl groups excluding tert-OH is 6. The molecule has 5 aromatic rings. The molecule has 7 aliphatic heterocycles. The topological polar surface area (TPSA) is 530 Å². The molecule has 7 aliphatic rings. The number of primary amides is 1. The third kappa shape index (κ3) is 15.8. The maximum absolute atomic E-state index is 16.0. The van der Waals surface area contributed by atoms with E-state index < -0.39 is 237 Å². The van der Waals surface area contributed by atoms with Crippen LogP contribution in [0.4, 0.5) is 0 Å². The first-order valence-electron chi connectivity index (χ1n) is 31.6. The number of halogens is 2. The van der Waals surface area contributed by atoms with Crippen molar-refractivity contribution in [3.8, 4) is 57.1 Å². The van der Waals surface area contributed by atoms with Crippen LogP contribution in [0.3, 0.4) is 0 Å². The van der Waals surface area contributed by atoms with Crippen molar-refractivity contribution in [3.05, 3.63) is 117 Å². The molecule has 0 aromatic heterocycles. The van der Waals surface area contributed by atoms with E-state index in [1.807, 2.05) is 13.8 Å². The third-order valence-electron chi connectivity index (χ3n) is 17.8. The second-order valence-electron chi connectivity index (χ2n) is 25.7. The quantitative estimate of drug-likeness (QED) is 0.0743. The summed E-state index contributed by atoms with van der Waals surface area (Å²) in [6.07, 6.45) is -18.6. The van der Waals surface area contributed by atoms with Crippen molar-refractivity contribution < 1.29 is 118 Å². The number of rotatable bonds is 13. The zero-order chi connectivity index (χ0) is 73.5. The van der Waals surface area contributed by atoms with Crippen LogP contribution < -0.4 is 62.9 Å². The maximum Gasteiger partial charge on any atom is 0.330 e. The molecule has 18 atom stereocenters. The number of ether oxygens (including phenoxy) is 6. The number of benzene rings is 5. The van der Waals surface area contributed by atoms with Crippen molar-refractivity contribution in [2.45, 2.75) is 156 Å². The molecular formula is C66H75Cl2N9O24. The average Bonchev–Trinajstić information content (AvgIpc) is 0.775. The summed E-state index contributed by atoms with van der Waals surface area (Å²) in [7, 11) is 1.47. The van der Waals surface area contributed by atoms with E-state index in [1.54, 1.807) is 0 Å². The molecule has 2 fully saturated rings. The molecule has 12 rings (SSSR count). The number of aliphatic carboxylic acids is 1. The van der Waals surface area contributed by atoms with E-state index in [-0.39, 0.29) is 46.2 Å². The van der Waals surface area contributed by atoms with Gasteiger partial charge in [0, 0.05) is 34.7 Å². The lowest BCUT2D eigenvalue weighted by molar-refractivity contribution is -0.333. The number of phenols is 3. The number of aliphatic hydroxyl groups is 6. The van der Waals surface area contributed by atoms with Gasteiger partial charge in [0.15, 0.2) is 29.9 Å². The number of carbonyl (C=O) groups excluding carboxylic acids is 7. The van der Waals surface area contributed by atoms with E-state index in [0.717, 1.165) is 66.7 Å². The predicted octanol–water partition coefficient (Wildman–Crippen LogP) is 0.106. The van der Waals surface area contributed by atoms with E-state index in [0.29, 0.717) is 0 Å². The molecule has 21 N–H and O–H groups in total. The first-order valence-corrected chi connectivity index (χ1v) is 32.4. The Morgan fingerprint density at radius 3 is 1.90 bits per heavy atom. The minimum Gasteiger partial charge on any atom is -0.508 e. The zero-order valence-electron chi connectivity index (χ0n) is 54.3. The van der Waals surface area contributed by atoms with Gasteiger partial charge in [0.2, 0.25) is 53.4 Å². The molecule has 9 unspecified atom stereocenters. The van der Waals surface area contributed by atoms with Gasteiger partial charge in [-0.15, -0.1) is 0 Å².